The van der Waals surface area contributed by atoms with Crippen molar-refractivity contribution in [1.82, 2.24) is 0 Å². The van der Waals surface area contributed by atoms with Crippen LogP contribution in [-0.4, -0.2) is 39.7 Å². The smallest absolute Gasteiger partial charge is 0.254 e. The van der Waals surface area contributed by atoms with Gasteiger partial charge in [-0.25, -0.2) is 8.78 Å². The van der Waals surface area contributed by atoms with E-state index < -0.39 is 34.7 Å². The Balaban J connectivity index is 1.46. The summed E-state index contributed by atoms with van der Waals surface area (Å²) in [7, 11) is 0. The van der Waals surface area contributed by atoms with E-state index in [2.05, 4.69) is 13.8 Å². The Kier molecular flexibility index (Phi) is 5.33. The minimum atomic E-state index is -2.05. The van der Waals surface area contributed by atoms with Crippen LogP contribution in [0.25, 0.3) is 0 Å². The third-order valence-electron chi connectivity index (χ3n) is 9.34. The lowest BCUT2D eigenvalue weighted by Crippen LogP contribution is -2.68. The second-order valence-corrected chi connectivity index (χ2v) is 11.8. The van der Waals surface area contributed by atoms with Crippen LogP contribution in [0.3, 0.4) is 0 Å². The average Bonchev–Trinajstić information content (AvgIpc) is 3.37. The van der Waals surface area contributed by atoms with E-state index in [0.29, 0.717) is 11.5 Å². The van der Waals surface area contributed by atoms with Gasteiger partial charge in [-0.3, -0.25) is 9.59 Å². The molecule has 0 aromatic carbocycles. The van der Waals surface area contributed by atoms with E-state index in [4.69, 9.17) is 4.42 Å². The normalized spacial score (nSPS) is 46.4. The molecule has 0 saturated heterocycles. The maximum Gasteiger partial charge on any atom is 0.254 e. The van der Waals surface area contributed by atoms with Gasteiger partial charge in [-0.1, -0.05) is 31.7 Å². The Morgan fingerprint density at radius 3 is 2.76 bits per heavy atom. The average molecular weight is 477 g/mol. The number of carbonyl (C=O) groups excluding carboxylic acids is 2. The van der Waals surface area contributed by atoms with Crippen LogP contribution in [0.1, 0.15) is 50.6 Å². The lowest BCUT2D eigenvalue weighted by Gasteiger charge is -2.62. The number of fused-ring (bicyclic) bond motifs is 5. The fourth-order valence-electron chi connectivity index (χ4n) is 7.65. The number of aliphatic hydroxyl groups is 1. The van der Waals surface area contributed by atoms with Crippen molar-refractivity contribution >= 4 is 22.7 Å². The van der Waals surface area contributed by atoms with Crippen molar-refractivity contribution in [3.63, 3.8) is 0 Å². The molecular weight excluding hydrogens is 446 g/mol. The first-order chi connectivity index (χ1) is 15.5. The van der Waals surface area contributed by atoms with Crippen LogP contribution in [0.5, 0.6) is 0 Å². The molecular formula is C26H30F2O4S. The SMILES string of the molecule is C[C@@H]1CC2C3C[C@H](F)C4=CC(=O)C=CC4(C)[C@@]3(F)C(O)CC2(C)C1CSC(=O)c1ccco1. The van der Waals surface area contributed by atoms with Gasteiger partial charge in [-0.05, 0) is 79.2 Å². The molecule has 4 aliphatic carbocycles. The molecule has 4 nitrogen and oxygen atoms in total. The van der Waals surface area contributed by atoms with Gasteiger partial charge in [0.15, 0.2) is 17.2 Å². The zero-order chi connectivity index (χ0) is 23.8. The molecule has 0 spiro atoms. The van der Waals surface area contributed by atoms with Gasteiger partial charge in [-0.15, -0.1) is 0 Å². The highest BCUT2D eigenvalue weighted by Crippen LogP contribution is 2.70. The zero-order valence-electron chi connectivity index (χ0n) is 19.1. The van der Waals surface area contributed by atoms with Crippen LogP contribution in [0.2, 0.25) is 0 Å². The van der Waals surface area contributed by atoms with E-state index in [1.54, 1.807) is 19.1 Å². The number of hydrogen-bond acceptors (Lipinski definition) is 5. The van der Waals surface area contributed by atoms with Gasteiger partial charge >= 0.3 is 0 Å². The lowest BCUT2D eigenvalue weighted by molar-refractivity contribution is -0.200. The van der Waals surface area contributed by atoms with Crippen molar-refractivity contribution in [2.45, 2.75) is 58.0 Å². The lowest BCUT2D eigenvalue weighted by atomic mass is 9.45. The summed E-state index contributed by atoms with van der Waals surface area (Å²) in [6.07, 6.45) is 3.70. The Labute approximate surface area is 196 Å². The predicted octanol–water partition coefficient (Wildman–Crippen LogP) is 5.33. The van der Waals surface area contributed by atoms with Gasteiger partial charge in [0.1, 0.15) is 6.17 Å². The number of carbonyl (C=O) groups is 2. The van der Waals surface area contributed by atoms with Gasteiger partial charge in [0.2, 0.25) is 0 Å². The van der Waals surface area contributed by atoms with Crippen LogP contribution in [0.15, 0.2) is 46.6 Å². The quantitative estimate of drug-likeness (QED) is 0.638. The van der Waals surface area contributed by atoms with Crippen molar-refractivity contribution in [2.24, 2.45) is 34.5 Å². The van der Waals surface area contributed by atoms with Crippen LogP contribution in [-0.2, 0) is 4.79 Å². The van der Waals surface area contributed by atoms with E-state index >= 15 is 8.78 Å². The number of halogens is 2. The monoisotopic (exact) mass is 476 g/mol. The fourth-order valence-corrected chi connectivity index (χ4v) is 8.95. The Bertz CT molecular complexity index is 1040. The number of furan rings is 1. The van der Waals surface area contributed by atoms with Gasteiger partial charge in [-0.2, -0.15) is 0 Å². The van der Waals surface area contributed by atoms with E-state index in [-0.39, 0.29) is 47.1 Å². The number of aliphatic hydroxyl groups excluding tert-OH is 1. The molecule has 9 atom stereocenters. The summed E-state index contributed by atoms with van der Waals surface area (Å²) in [5.41, 5.74) is -3.66. The van der Waals surface area contributed by atoms with E-state index in [9.17, 15) is 14.7 Å². The topological polar surface area (TPSA) is 67.5 Å². The molecule has 0 amide bonds. The first-order valence-corrected chi connectivity index (χ1v) is 12.7. The maximum absolute atomic E-state index is 17.1. The molecule has 5 rings (SSSR count). The largest absolute Gasteiger partial charge is 0.460 e. The van der Waals surface area contributed by atoms with Gasteiger partial charge in [0.05, 0.1) is 12.4 Å². The molecule has 3 fully saturated rings. The standard InChI is InChI=1S/C26H30F2O4S/c1-14-9-16-17-11-20(27)18-10-15(29)6-7-25(18,3)26(17,28)22(30)12-24(16,2)19(14)13-33-23(31)21-5-4-8-32-21/h4-8,10,14,16-17,19-20,22,30H,9,11-13H2,1-3H3/t14-,16?,17?,19?,20+,22?,24?,25?,26+/m1/s1. The van der Waals surface area contributed by atoms with Gasteiger partial charge in [0.25, 0.3) is 5.12 Å². The summed E-state index contributed by atoms with van der Waals surface area (Å²) in [5, 5.41) is 11.2. The highest BCUT2D eigenvalue weighted by atomic mass is 32.2. The van der Waals surface area contributed by atoms with Gasteiger partial charge in [0, 0.05) is 17.1 Å². The predicted molar refractivity (Wildman–Crippen MR) is 122 cm³/mol. The summed E-state index contributed by atoms with van der Waals surface area (Å²) < 4.78 is 37.7. The number of ketones is 1. The molecule has 33 heavy (non-hydrogen) atoms. The molecule has 0 aliphatic heterocycles. The first-order valence-electron chi connectivity index (χ1n) is 11.7. The van der Waals surface area contributed by atoms with Crippen molar-refractivity contribution < 1.29 is 27.9 Å². The summed E-state index contributed by atoms with van der Waals surface area (Å²) >= 11 is 1.20. The van der Waals surface area contributed by atoms with Crippen molar-refractivity contribution in [3.8, 4) is 0 Å². The second kappa shape index (κ2) is 7.64. The zero-order valence-corrected chi connectivity index (χ0v) is 19.9. The summed E-state index contributed by atoms with van der Waals surface area (Å²) in [4.78, 5) is 24.4. The van der Waals surface area contributed by atoms with Crippen molar-refractivity contribution in [3.05, 3.63) is 48.0 Å². The molecule has 0 bridgehead atoms. The van der Waals surface area contributed by atoms with Crippen molar-refractivity contribution in [2.75, 3.05) is 5.75 Å². The van der Waals surface area contributed by atoms with E-state index in [1.807, 2.05) is 0 Å². The minimum Gasteiger partial charge on any atom is -0.460 e. The molecule has 0 radical (unpaired) electrons. The molecule has 7 heteroatoms. The van der Waals surface area contributed by atoms with Crippen molar-refractivity contribution in [1.29, 1.82) is 0 Å². The van der Waals surface area contributed by atoms with E-state index in [0.717, 1.165) is 6.42 Å². The van der Waals surface area contributed by atoms with Gasteiger partial charge < -0.3 is 9.52 Å². The molecule has 6 unspecified atom stereocenters. The molecule has 3 saturated carbocycles. The van der Waals surface area contributed by atoms with Crippen LogP contribution < -0.4 is 0 Å². The molecule has 178 valence electrons. The highest BCUT2D eigenvalue weighted by Gasteiger charge is 2.72. The summed E-state index contributed by atoms with van der Waals surface area (Å²) in [6, 6.07) is 3.31. The van der Waals surface area contributed by atoms with E-state index in [1.165, 1.54) is 36.3 Å². The number of alkyl halides is 2. The fraction of sp³-hybridized carbons (Fsp3) is 0.615. The first kappa shape index (κ1) is 23.0. The third-order valence-corrected chi connectivity index (χ3v) is 10.3. The molecule has 1 N–H and O–H groups in total. The highest BCUT2D eigenvalue weighted by molar-refractivity contribution is 8.14. The minimum absolute atomic E-state index is 0.0335. The van der Waals surface area contributed by atoms with Crippen LogP contribution in [0, 0.1) is 34.5 Å². The van der Waals surface area contributed by atoms with Crippen LogP contribution in [0.4, 0.5) is 8.78 Å². The number of allylic oxidation sites excluding steroid dienone is 4. The Morgan fingerprint density at radius 2 is 2.06 bits per heavy atom. The number of hydrogen-bond donors (Lipinski definition) is 1. The number of thioether (sulfide) groups is 1. The molecule has 1 heterocycles. The maximum atomic E-state index is 17.1. The molecule has 4 aliphatic rings. The summed E-state index contributed by atoms with van der Waals surface area (Å²) in [6.45, 7) is 5.81. The Hall–Kier alpha value is -1.73. The molecule has 1 aromatic rings. The summed E-state index contributed by atoms with van der Waals surface area (Å²) in [5.74, 6) is 0.0109. The second-order valence-electron chi connectivity index (χ2n) is 10.8. The third kappa shape index (κ3) is 3.10. The van der Waals surface area contributed by atoms with Crippen LogP contribution >= 0.6 is 11.8 Å². The Morgan fingerprint density at radius 1 is 1.30 bits per heavy atom. The molecule has 1 aromatic heterocycles. The number of rotatable bonds is 3.